The van der Waals surface area contributed by atoms with Crippen LogP contribution in [0.1, 0.15) is 21.5 Å². The van der Waals surface area contributed by atoms with Crippen LogP contribution in [0.2, 0.25) is 10.0 Å². The Hall–Kier alpha value is -0.840. The fraction of sp³-hybridized carbons (Fsp3) is 0.200. The van der Waals surface area contributed by atoms with Gasteiger partial charge in [-0.3, -0.25) is 0 Å². The van der Waals surface area contributed by atoms with Gasteiger partial charge in [-0.15, -0.1) is 0 Å². The molecule has 0 N–H and O–H groups in total. The molecule has 0 bridgehead atoms. The number of hydrogen-bond acceptors (Lipinski definition) is 1. The number of halogens is 5. The van der Waals surface area contributed by atoms with Crippen molar-refractivity contribution in [3.8, 4) is 5.75 Å². The number of ether oxygens (including phenoxy) is 1. The van der Waals surface area contributed by atoms with Crippen LogP contribution in [0.4, 0.5) is 8.78 Å². The van der Waals surface area contributed by atoms with E-state index in [2.05, 4.69) is 15.9 Å². The topological polar surface area (TPSA) is 9.23 Å². The van der Waals surface area contributed by atoms with Gasteiger partial charge >= 0.3 is 0 Å². The summed E-state index contributed by atoms with van der Waals surface area (Å²) in [6.07, 6.45) is 0.750. The van der Waals surface area contributed by atoms with Crippen LogP contribution in [-0.2, 0) is 6.42 Å². The van der Waals surface area contributed by atoms with Gasteiger partial charge in [-0.25, -0.2) is 8.78 Å². The molecule has 0 aliphatic carbocycles. The average molecular weight is 394 g/mol. The molecule has 1 heterocycles. The summed E-state index contributed by atoms with van der Waals surface area (Å²) < 4.78 is 33.3. The van der Waals surface area contributed by atoms with E-state index in [-0.39, 0.29) is 10.6 Å². The van der Waals surface area contributed by atoms with E-state index in [9.17, 15) is 8.78 Å². The summed E-state index contributed by atoms with van der Waals surface area (Å²) in [5.74, 6) is -0.580. The molecule has 1 nitrogen and oxygen atoms in total. The molecule has 0 fully saturated rings. The van der Waals surface area contributed by atoms with E-state index in [4.69, 9.17) is 27.9 Å². The highest BCUT2D eigenvalue weighted by Gasteiger charge is 2.25. The predicted molar refractivity (Wildman–Crippen MR) is 82.8 cm³/mol. The minimum absolute atomic E-state index is 0.150. The quantitative estimate of drug-likeness (QED) is 0.470. The Morgan fingerprint density at radius 2 is 1.81 bits per heavy atom. The van der Waals surface area contributed by atoms with E-state index < -0.39 is 16.5 Å². The van der Waals surface area contributed by atoms with Crippen molar-refractivity contribution >= 4 is 39.1 Å². The zero-order valence-corrected chi connectivity index (χ0v) is 13.7. The molecule has 1 aliphatic rings. The lowest BCUT2D eigenvalue weighted by Gasteiger charge is -2.16. The second-order valence-corrected chi connectivity index (χ2v) is 6.49. The third-order valence-corrected chi connectivity index (χ3v) is 4.86. The Morgan fingerprint density at radius 3 is 2.57 bits per heavy atom. The normalized spacial score (nSPS) is 14.7. The Kier molecular flexibility index (Phi) is 4.12. The molecular formula is C15H9BrCl2F2O. The van der Waals surface area contributed by atoms with Crippen molar-refractivity contribution in [3.05, 3.63) is 62.6 Å². The maximum atomic E-state index is 14.1. The monoisotopic (exact) mass is 392 g/mol. The highest BCUT2D eigenvalue weighted by Crippen LogP contribution is 2.43. The third kappa shape index (κ3) is 2.77. The first kappa shape index (κ1) is 15.1. The molecule has 0 saturated carbocycles. The van der Waals surface area contributed by atoms with Gasteiger partial charge < -0.3 is 4.74 Å². The molecule has 0 aromatic heterocycles. The molecule has 0 amide bonds. The van der Waals surface area contributed by atoms with Gasteiger partial charge in [0.1, 0.15) is 17.4 Å². The van der Waals surface area contributed by atoms with Crippen LogP contribution in [0.25, 0.3) is 0 Å². The van der Waals surface area contributed by atoms with Crippen LogP contribution in [0.15, 0.2) is 24.3 Å². The van der Waals surface area contributed by atoms with Crippen LogP contribution in [0, 0.1) is 11.6 Å². The second-order valence-electron chi connectivity index (χ2n) is 4.73. The van der Waals surface area contributed by atoms with Gasteiger partial charge in [-0.05, 0) is 29.8 Å². The largest absolute Gasteiger partial charge is 0.493 e. The van der Waals surface area contributed by atoms with E-state index >= 15 is 0 Å². The molecule has 1 unspecified atom stereocenters. The number of fused-ring (bicyclic) bond motifs is 1. The summed E-state index contributed by atoms with van der Waals surface area (Å²) in [5, 5.41) is 0.289. The van der Waals surface area contributed by atoms with Crippen LogP contribution >= 0.6 is 39.1 Å². The fourth-order valence-electron chi connectivity index (χ4n) is 2.39. The molecule has 0 saturated heterocycles. The van der Waals surface area contributed by atoms with Crippen LogP contribution in [0.5, 0.6) is 5.75 Å². The lowest BCUT2D eigenvalue weighted by molar-refractivity contribution is 0.354. The van der Waals surface area contributed by atoms with E-state index in [0.29, 0.717) is 22.9 Å². The molecule has 1 aliphatic heterocycles. The van der Waals surface area contributed by atoms with E-state index in [1.165, 1.54) is 0 Å². The standard InChI is InChI=1S/C15H9BrCl2F2O/c16-14(9-5-13(20)11(18)6-12(9)19)10-4-8(17)3-7-1-2-21-15(7)10/h3-6,14H,1-2H2. The van der Waals surface area contributed by atoms with E-state index in [1.54, 1.807) is 6.07 Å². The number of benzene rings is 2. The maximum absolute atomic E-state index is 14.1. The summed E-state index contributed by atoms with van der Waals surface area (Å²) in [7, 11) is 0. The molecule has 1 atom stereocenters. The van der Waals surface area contributed by atoms with E-state index in [1.807, 2.05) is 6.07 Å². The van der Waals surface area contributed by atoms with Gasteiger partial charge in [-0.1, -0.05) is 39.1 Å². The van der Waals surface area contributed by atoms with Gasteiger partial charge in [0.15, 0.2) is 0 Å². The first-order valence-corrected chi connectivity index (χ1v) is 7.88. The van der Waals surface area contributed by atoms with Gasteiger partial charge in [0.05, 0.1) is 16.5 Å². The van der Waals surface area contributed by atoms with Gasteiger partial charge in [-0.2, -0.15) is 0 Å². The molecule has 3 rings (SSSR count). The molecule has 0 radical (unpaired) electrons. The van der Waals surface area contributed by atoms with Crippen molar-refractivity contribution in [2.75, 3.05) is 6.61 Å². The third-order valence-electron chi connectivity index (χ3n) is 3.36. The fourth-order valence-corrected chi connectivity index (χ4v) is 3.48. The Balaban J connectivity index is 2.11. The highest BCUT2D eigenvalue weighted by molar-refractivity contribution is 9.09. The Bertz CT molecular complexity index is 721. The average Bonchev–Trinajstić information content (AvgIpc) is 2.89. The van der Waals surface area contributed by atoms with Crippen molar-refractivity contribution < 1.29 is 13.5 Å². The minimum Gasteiger partial charge on any atom is -0.493 e. The molecule has 6 heteroatoms. The maximum Gasteiger partial charge on any atom is 0.142 e. The lowest BCUT2D eigenvalue weighted by atomic mass is 10.0. The molecular weight excluding hydrogens is 385 g/mol. The first-order chi connectivity index (χ1) is 9.97. The molecule has 0 spiro atoms. The van der Waals surface area contributed by atoms with Crippen LogP contribution < -0.4 is 4.74 Å². The molecule has 2 aromatic carbocycles. The van der Waals surface area contributed by atoms with E-state index in [0.717, 1.165) is 24.1 Å². The smallest absolute Gasteiger partial charge is 0.142 e. The number of alkyl halides is 1. The highest BCUT2D eigenvalue weighted by atomic mass is 79.9. The Morgan fingerprint density at radius 1 is 1.05 bits per heavy atom. The minimum atomic E-state index is -0.669. The van der Waals surface area contributed by atoms with Crippen molar-refractivity contribution in [3.63, 3.8) is 0 Å². The van der Waals surface area contributed by atoms with Gasteiger partial charge in [0.25, 0.3) is 0 Å². The van der Waals surface area contributed by atoms with Crippen LogP contribution in [-0.4, -0.2) is 6.61 Å². The molecule has 21 heavy (non-hydrogen) atoms. The number of rotatable bonds is 2. The number of hydrogen-bond donors (Lipinski definition) is 0. The zero-order valence-electron chi connectivity index (χ0n) is 10.6. The summed E-state index contributed by atoms with van der Waals surface area (Å²) in [6, 6.07) is 5.56. The summed E-state index contributed by atoms with van der Waals surface area (Å²) in [5.41, 5.74) is 1.80. The van der Waals surface area contributed by atoms with Crippen LogP contribution in [0.3, 0.4) is 0 Å². The second kappa shape index (κ2) is 5.75. The van der Waals surface area contributed by atoms with Crippen molar-refractivity contribution in [1.29, 1.82) is 0 Å². The lowest BCUT2D eigenvalue weighted by Crippen LogP contribution is -2.01. The predicted octanol–water partition coefficient (Wildman–Crippen LogP) is 5.69. The van der Waals surface area contributed by atoms with Crippen molar-refractivity contribution in [2.45, 2.75) is 11.2 Å². The molecule has 110 valence electrons. The zero-order chi connectivity index (χ0) is 15.1. The molecule has 2 aromatic rings. The Labute approximate surface area is 138 Å². The van der Waals surface area contributed by atoms with Crippen molar-refractivity contribution in [1.82, 2.24) is 0 Å². The summed E-state index contributed by atoms with van der Waals surface area (Å²) >= 11 is 15.1. The van der Waals surface area contributed by atoms with Gasteiger partial charge in [0.2, 0.25) is 0 Å². The SMILES string of the molecule is Fc1cc(C(Br)c2cc(Cl)cc3c2OCC3)c(F)cc1Cl. The first-order valence-electron chi connectivity index (χ1n) is 6.21. The van der Waals surface area contributed by atoms with Crippen molar-refractivity contribution in [2.24, 2.45) is 0 Å². The summed E-state index contributed by atoms with van der Waals surface area (Å²) in [4.78, 5) is -0.574. The summed E-state index contributed by atoms with van der Waals surface area (Å²) in [6.45, 7) is 0.555. The van der Waals surface area contributed by atoms with Gasteiger partial charge in [0, 0.05) is 22.6 Å².